The van der Waals surface area contributed by atoms with Crippen LogP contribution in [-0.2, 0) is 10.0 Å². The number of sulfonamides is 1. The van der Waals surface area contributed by atoms with Gasteiger partial charge in [0.15, 0.2) is 0 Å². The van der Waals surface area contributed by atoms with E-state index in [-0.39, 0.29) is 22.4 Å². The smallest absolute Gasteiger partial charge is 0.328 e. The van der Waals surface area contributed by atoms with Gasteiger partial charge in [0, 0.05) is 11.7 Å². The van der Waals surface area contributed by atoms with E-state index in [1.807, 2.05) is 4.72 Å². The fourth-order valence-corrected chi connectivity index (χ4v) is 2.49. The summed E-state index contributed by atoms with van der Waals surface area (Å²) in [5.41, 5.74) is 5.80. The van der Waals surface area contributed by atoms with E-state index in [0.29, 0.717) is 0 Å². The Morgan fingerprint density at radius 2 is 2.00 bits per heavy atom. The summed E-state index contributed by atoms with van der Waals surface area (Å²) in [6.07, 6.45) is 0. The zero-order chi connectivity index (χ0) is 14.6. The van der Waals surface area contributed by atoms with Crippen molar-refractivity contribution in [2.24, 2.45) is 0 Å². The summed E-state index contributed by atoms with van der Waals surface area (Å²) < 4.78 is 30.9. The molecule has 0 spiro atoms. The summed E-state index contributed by atoms with van der Waals surface area (Å²) in [4.78, 5) is 11.3. The largest absolute Gasteiger partial charge is 0.495 e. The normalized spacial score (nSPS) is 11.2. The molecule has 7 nitrogen and oxygen atoms in total. The number of hydrogen-bond donors (Lipinski definition) is 3. The number of nitrogens with one attached hydrogen (secondary N) is 2. The lowest BCUT2D eigenvalue weighted by atomic mass is 10.3. The first kappa shape index (κ1) is 15.1. The summed E-state index contributed by atoms with van der Waals surface area (Å²) in [6.45, 7) is 3.43. The Morgan fingerprint density at radius 1 is 1.37 bits per heavy atom. The molecule has 0 unspecified atom stereocenters. The number of anilines is 1. The molecule has 0 fully saturated rings. The maximum atomic E-state index is 12.0. The predicted molar refractivity (Wildman–Crippen MR) is 71.4 cm³/mol. The Morgan fingerprint density at radius 3 is 2.53 bits per heavy atom. The first-order chi connectivity index (χ1) is 8.76. The van der Waals surface area contributed by atoms with Crippen molar-refractivity contribution in [3.05, 3.63) is 18.2 Å². The molecule has 0 bridgehead atoms. The monoisotopic (exact) mass is 287 g/mol. The second-order valence-electron chi connectivity index (χ2n) is 4.14. The van der Waals surface area contributed by atoms with Crippen LogP contribution in [0.2, 0.25) is 0 Å². The molecule has 0 radical (unpaired) electrons. The van der Waals surface area contributed by atoms with Gasteiger partial charge in [0.2, 0.25) is 0 Å². The van der Waals surface area contributed by atoms with Crippen LogP contribution in [0, 0.1) is 0 Å². The van der Waals surface area contributed by atoms with Gasteiger partial charge in [-0.1, -0.05) is 0 Å². The van der Waals surface area contributed by atoms with E-state index in [2.05, 4.69) is 5.32 Å². The molecule has 2 amide bonds. The highest BCUT2D eigenvalue weighted by atomic mass is 32.2. The van der Waals surface area contributed by atoms with Crippen LogP contribution in [0.15, 0.2) is 23.1 Å². The minimum atomic E-state index is -4.04. The first-order valence-corrected chi connectivity index (χ1v) is 7.01. The summed E-state index contributed by atoms with van der Waals surface area (Å²) in [7, 11) is -2.71. The number of benzene rings is 1. The fraction of sp³-hybridized carbons (Fsp3) is 0.364. The Labute approximate surface area is 112 Å². The van der Waals surface area contributed by atoms with Crippen molar-refractivity contribution in [1.29, 1.82) is 0 Å². The van der Waals surface area contributed by atoms with Gasteiger partial charge in [0.05, 0.1) is 7.11 Å². The van der Waals surface area contributed by atoms with Crippen molar-refractivity contribution >= 4 is 21.7 Å². The third-order valence-corrected chi connectivity index (χ3v) is 3.48. The summed E-state index contributed by atoms with van der Waals surface area (Å²) in [6, 6.07) is 3.16. The summed E-state index contributed by atoms with van der Waals surface area (Å²) in [5.74, 6) is 0.110. The number of methoxy groups -OCH3 is 1. The second kappa shape index (κ2) is 5.79. The minimum absolute atomic E-state index is 0.110. The van der Waals surface area contributed by atoms with Gasteiger partial charge in [0.25, 0.3) is 10.0 Å². The van der Waals surface area contributed by atoms with Crippen molar-refractivity contribution in [3.8, 4) is 5.75 Å². The van der Waals surface area contributed by atoms with Crippen LogP contribution in [0.1, 0.15) is 13.8 Å². The van der Waals surface area contributed by atoms with E-state index in [9.17, 15) is 13.2 Å². The first-order valence-electron chi connectivity index (χ1n) is 5.53. The Kier molecular flexibility index (Phi) is 4.60. The third-order valence-electron chi connectivity index (χ3n) is 2.12. The molecule has 106 valence electrons. The minimum Gasteiger partial charge on any atom is -0.495 e. The van der Waals surface area contributed by atoms with Crippen LogP contribution in [0.5, 0.6) is 5.75 Å². The van der Waals surface area contributed by atoms with E-state index in [4.69, 9.17) is 10.5 Å². The molecular weight excluding hydrogens is 270 g/mol. The highest BCUT2D eigenvalue weighted by Gasteiger charge is 2.22. The van der Waals surface area contributed by atoms with E-state index >= 15 is 0 Å². The van der Waals surface area contributed by atoms with Crippen LogP contribution in [0.3, 0.4) is 0 Å². The lowest BCUT2D eigenvalue weighted by molar-refractivity contribution is 0.243. The van der Waals surface area contributed by atoms with Crippen molar-refractivity contribution in [1.82, 2.24) is 10.0 Å². The van der Waals surface area contributed by atoms with Crippen LogP contribution < -0.4 is 20.5 Å². The van der Waals surface area contributed by atoms with E-state index in [1.165, 1.54) is 25.3 Å². The van der Waals surface area contributed by atoms with Gasteiger partial charge in [-0.2, -0.15) is 0 Å². The lowest BCUT2D eigenvalue weighted by Crippen LogP contribution is -2.42. The quantitative estimate of drug-likeness (QED) is 0.705. The maximum absolute atomic E-state index is 12.0. The molecule has 0 aliphatic carbocycles. The van der Waals surface area contributed by atoms with Crippen molar-refractivity contribution in [2.75, 3.05) is 12.8 Å². The molecular formula is C11H17N3O4S. The Bertz CT molecular complexity index is 569. The molecule has 8 heteroatoms. The number of nitrogen functional groups attached to an aromatic ring is 1. The maximum Gasteiger partial charge on any atom is 0.328 e. The van der Waals surface area contributed by atoms with Crippen LogP contribution in [-0.4, -0.2) is 27.6 Å². The van der Waals surface area contributed by atoms with E-state index in [0.717, 1.165) is 0 Å². The van der Waals surface area contributed by atoms with E-state index < -0.39 is 16.1 Å². The molecule has 0 saturated carbocycles. The molecule has 1 aromatic carbocycles. The number of amides is 2. The number of urea groups is 1. The third kappa shape index (κ3) is 4.02. The summed E-state index contributed by atoms with van der Waals surface area (Å²) in [5, 5.41) is 2.42. The average Bonchev–Trinajstić information content (AvgIpc) is 2.26. The average molecular weight is 287 g/mol. The molecule has 1 rings (SSSR count). The molecule has 0 aliphatic heterocycles. The molecule has 0 heterocycles. The van der Waals surface area contributed by atoms with Gasteiger partial charge >= 0.3 is 6.03 Å². The number of carbonyl (C=O) groups excluding carboxylic acids is 1. The number of hydrogen-bond acceptors (Lipinski definition) is 5. The Hall–Kier alpha value is -1.96. The van der Waals surface area contributed by atoms with Crippen molar-refractivity contribution in [3.63, 3.8) is 0 Å². The molecule has 1 aromatic rings. The van der Waals surface area contributed by atoms with Gasteiger partial charge in [-0.15, -0.1) is 0 Å². The number of nitrogens with two attached hydrogens (primary N) is 1. The second-order valence-corrected chi connectivity index (χ2v) is 5.79. The molecule has 0 aliphatic rings. The standard InChI is InChI=1S/C11H17N3O4S/c1-7(2)13-11(15)14-19(16,17)10-6-8(12)4-5-9(10)18-3/h4-7H,12H2,1-3H3,(H2,13,14,15). The van der Waals surface area contributed by atoms with Gasteiger partial charge < -0.3 is 15.8 Å². The van der Waals surface area contributed by atoms with Gasteiger partial charge in [-0.3, -0.25) is 0 Å². The molecule has 0 aromatic heterocycles. The SMILES string of the molecule is COc1ccc(N)cc1S(=O)(=O)NC(=O)NC(C)C. The fourth-order valence-electron chi connectivity index (χ4n) is 1.37. The lowest BCUT2D eigenvalue weighted by Gasteiger charge is -2.13. The zero-order valence-corrected chi connectivity index (χ0v) is 11.7. The number of carbonyl (C=O) groups is 1. The van der Waals surface area contributed by atoms with Gasteiger partial charge in [0.1, 0.15) is 10.6 Å². The van der Waals surface area contributed by atoms with Crippen molar-refractivity contribution in [2.45, 2.75) is 24.8 Å². The molecule has 4 N–H and O–H groups in total. The molecule has 0 saturated heterocycles. The highest BCUT2D eigenvalue weighted by Crippen LogP contribution is 2.25. The zero-order valence-electron chi connectivity index (χ0n) is 10.9. The van der Waals surface area contributed by atoms with Crippen LogP contribution in [0.25, 0.3) is 0 Å². The predicted octanol–water partition coefficient (Wildman–Crippen LogP) is 0.674. The van der Waals surface area contributed by atoms with E-state index in [1.54, 1.807) is 13.8 Å². The highest BCUT2D eigenvalue weighted by molar-refractivity contribution is 7.90. The number of rotatable bonds is 4. The van der Waals surface area contributed by atoms with Crippen LogP contribution in [0.4, 0.5) is 10.5 Å². The van der Waals surface area contributed by atoms with Crippen molar-refractivity contribution < 1.29 is 17.9 Å². The van der Waals surface area contributed by atoms with Gasteiger partial charge in [-0.05, 0) is 32.0 Å². The Balaban J connectivity index is 3.07. The topological polar surface area (TPSA) is 111 Å². The van der Waals surface area contributed by atoms with Gasteiger partial charge in [-0.25, -0.2) is 17.9 Å². The molecule has 19 heavy (non-hydrogen) atoms. The number of ether oxygens (including phenoxy) is 1. The molecule has 0 atom stereocenters. The van der Waals surface area contributed by atoms with Crippen LogP contribution >= 0.6 is 0 Å². The summed E-state index contributed by atoms with van der Waals surface area (Å²) >= 11 is 0.